The first-order chi connectivity index (χ1) is 17.4. The molecule has 4 aromatic rings. The van der Waals surface area contributed by atoms with Crippen LogP contribution < -0.4 is 19.5 Å². The van der Waals surface area contributed by atoms with Crippen LogP contribution in [0.4, 0.5) is 5.13 Å². The van der Waals surface area contributed by atoms with E-state index >= 15 is 0 Å². The van der Waals surface area contributed by atoms with Crippen LogP contribution in [0.3, 0.4) is 0 Å². The van der Waals surface area contributed by atoms with Gasteiger partial charge in [-0.05, 0) is 47.5 Å². The second-order valence-electron chi connectivity index (χ2n) is 8.38. The van der Waals surface area contributed by atoms with Crippen LogP contribution in [0.1, 0.15) is 33.4 Å². The Morgan fingerprint density at radius 2 is 1.67 bits per heavy atom. The summed E-state index contributed by atoms with van der Waals surface area (Å²) in [5.74, 6) is 0.332. The van der Waals surface area contributed by atoms with Gasteiger partial charge in [-0.15, -0.1) is 0 Å². The van der Waals surface area contributed by atoms with Crippen LogP contribution in [-0.2, 0) is 4.79 Å². The molecule has 0 unspecified atom stereocenters. The highest BCUT2D eigenvalue weighted by Crippen LogP contribution is 2.46. The Labute approximate surface area is 212 Å². The minimum absolute atomic E-state index is 0.212. The molecule has 2 atom stereocenters. The number of ether oxygens (including phenoxy) is 3. The van der Waals surface area contributed by atoms with Gasteiger partial charge in [-0.1, -0.05) is 35.6 Å². The summed E-state index contributed by atoms with van der Waals surface area (Å²) in [6.07, 6.45) is 0. The molecule has 9 heteroatoms. The van der Waals surface area contributed by atoms with Crippen molar-refractivity contribution in [2.75, 3.05) is 33.7 Å². The van der Waals surface area contributed by atoms with E-state index in [-0.39, 0.29) is 11.8 Å². The van der Waals surface area contributed by atoms with Crippen molar-refractivity contribution in [1.29, 1.82) is 0 Å². The molecular formula is C27H25N3O5S. The molecule has 2 heterocycles. The molecule has 3 aromatic carbocycles. The molecule has 1 N–H and O–H groups in total. The summed E-state index contributed by atoms with van der Waals surface area (Å²) >= 11 is 1.40. The van der Waals surface area contributed by atoms with E-state index in [1.54, 1.807) is 31.2 Å². The monoisotopic (exact) mass is 503 g/mol. The summed E-state index contributed by atoms with van der Waals surface area (Å²) < 4.78 is 17.2. The lowest BCUT2D eigenvalue weighted by Gasteiger charge is -2.40. The van der Waals surface area contributed by atoms with Crippen LogP contribution in [0.15, 0.2) is 60.7 Å². The summed E-state index contributed by atoms with van der Waals surface area (Å²) in [4.78, 5) is 33.6. The summed E-state index contributed by atoms with van der Waals surface area (Å²) in [5, 5.41) is 3.50. The Morgan fingerprint density at radius 3 is 2.33 bits per heavy atom. The molecule has 1 aromatic heterocycles. The van der Waals surface area contributed by atoms with Gasteiger partial charge in [0.1, 0.15) is 5.75 Å². The lowest BCUT2D eigenvalue weighted by atomic mass is 9.79. The van der Waals surface area contributed by atoms with Gasteiger partial charge in [-0.3, -0.25) is 9.59 Å². The third-order valence-corrected chi connectivity index (χ3v) is 7.39. The normalized spacial score (nSPS) is 17.0. The fraction of sp³-hybridized carbons (Fsp3) is 0.222. The van der Waals surface area contributed by atoms with Crippen molar-refractivity contribution in [3.05, 3.63) is 77.4 Å². The predicted molar refractivity (Wildman–Crippen MR) is 138 cm³/mol. The number of carbonyl (C=O) groups is 2. The topological polar surface area (TPSA) is 90.0 Å². The van der Waals surface area contributed by atoms with E-state index in [2.05, 4.69) is 10.3 Å². The fourth-order valence-electron chi connectivity index (χ4n) is 4.66. The van der Waals surface area contributed by atoms with E-state index in [1.807, 2.05) is 48.5 Å². The molecule has 5 rings (SSSR count). The van der Waals surface area contributed by atoms with E-state index < -0.39 is 12.0 Å². The number of likely N-dealkylation sites (N-methyl/N-ethyl adjacent to an activating group) is 1. The average molecular weight is 504 g/mol. The number of anilines is 1. The first-order valence-electron chi connectivity index (χ1n) is 11.3. The van der Waals surface area contributed by atoms with Gasteiger partial charge in [0.05, 0.1) is 43.5 Å². The maximum atomic E-state index is 13.9. The van der Waals surface area contributed by atoms with Gasteiger partial charge in [0, 0.05) is 12.6 Å². The van der Waals surface area contributed by atoms with Crippen molar-refractivity contribution < 1.29 is 23.8 Å². The standard InChI is InChI=1S/C27H25N3O5S/c1-30-24(15-9-11-16(33-2)12-10-15)23(17-13-20(34-3)21(35-4)14-18(17)26(30)32)25(31)29-27-28-19-7-5-6-8-22(19)36-27/h5-14,23-24H,1-4H3,(H,28,29,31)/t23-,24-/m1/s1. The Balaban J connectivity index is 1.64. The van der Waals surface area contributed by atoms with Crippen molar-refractivity contribution in [3.63, 3.8) is 0 Å². The van der Waals surface area contributed by atoms with Crippen LogP contribution in [0.25, 0.3) is 10.2 Å². The third kappa shape index (κ3) is 4.01. The molecule has 0 saturated heterocycles. The third-order valence-electron chi connectivity index (χ3n) is 6.44. The minimum Gasteiger partial charge on any atom is -0.497 e. The molecule has 1 aliphatic rings. The molecule has 1 aliphatic heterocycles. The molecule has 8 nitrogen and oxygen atoms in total. The van der Waals surface area contributed by atoms with E-state index in [9.17, 15) is 9.59 Å². The number of hydrogen-bond acceptors (Lipinski definition) is 7. The van der Waals surface area contributed by atoms with Crippen LogP contribution in [0.5, 0.6) is 17.2 Å². The average Bonchev–Trinajstić information content (AvgIpc) is 3.32. The number of nitrogens with zero attached hydrogens (tertiary/aromatic N) is 2. The van der Waals surface area contributed by atoms with E-state index in [0.717, 1.165) is 15.8 Å². The first kappa shape index (κ1) is 23.6. The van der Waals surface area contributed by atoms with Crippen LogP contribution in [0.2, 0.25) is 0 Å². The van der Waals surface area contributed by atoms with E-state index in [4.69, 9.17) is 14.2 Å². The van der Waals surface area contributed by atoms with Crippen molar-refractivity contribution >= 4 is 38.5 Å². The van der Waals surface area contributed by atoms with Crippen molar-refractivity contribution in [2.24, 2.45) is 0 Å². The molecule has 184 valence electrons. The summed E-state index contributed by atoms with van der Waals surface area (Å²) in [5.41, 5.74) is 2.57. The zero-order chi connectivity index (χ0) is 25.4. The van der Waals surface area contributed by atoms with E-state index in [0.29, 0.717) is 33.5 Å². The van der Waals surface area contributed by atoms with Crippen LogP contribution in [0, 0.1) is 0 Å². The molecule has 2 amide bonds. The Kier molecular flexibility index (Phi) is 6.24. The number of methoxy groups -OCH3 is 3. The number of hydrogen-bond donors (Lipinski definition) is 1. The highest BCUT2D eigenvalue weighted by atomic mass is 32.1. The summed E-state index contributed by atoms with van der Waals surface area (Å²) in [6.45, 7) is 0. The molecular weight excluding hydrogens is 478 g/mol. The van der Waals surface area contributed by atoms with Crippen molar-refractivity contribution in [1.82, 2.24) is 9.88 Å². The minimum atomic E-state index is -0.733. The quantitative estimate of drug-likeness (QED) is 0.404. The van der Waals surface area contributed by atoms with Gasteiger partial charge in [0.2, 0.25) is 5.91 Å². The SMILES string of the molecule is COc1ccc([C@@H]2[C@H](C(=O)Nc3nc4ccccc4s3)c3cc(OC)c(OC)cc3C(=O)N2C)cc1. The molecule has 0 spiro atoms. The summed E-state index contributed by atoms with van der Waals surface area (Å²) in [6, 6.07) is 17.9. The zero-order valence-electron chi connectivity index (χ0n) is 20.3. The van der Waals surface area contributed by atoms with E-state index in [1.165, 1.54) is 25.6 Å². The largest absolute Gasteiger partial charge is 0.497 e. The lowest BCUT2D eigenvalue weighted by molar-refractivity contribution is -0.119. The number of amides is 2. The van der Waals surface area contributed by atoms with Crippen molar-refractivity contribution in [3.8, 4) is 17.2 Å². The molecule has 0 saturated carbocycles. The maximum Gasteiger partial charge on any atom is 0.254 e. The van der Waals surface area contributed by atoms with Gasteiger partial charge in [0.15, 0.2) is 16.6 Å². The Morgan fingerprint density at radius 1 is 0.972 bits per heavy atom. The van der Waals surface area contributed by atoms with Gasteiger partial charge >= 0.3 is 0 Å². The number of carbonyl (C=O) groups excluding carboxylic acids is 2. The number of thiazole rings is 1. The maximum absolute atomic E-state index is 13.9. The number of aromatic nitrogens is 1. The second kappa shape index (κ2) is 9.50. The smallest absolute Gasteiger partial charge is 0.254 e. The molecule has 0 bridgehead atoms. The predicted octanol–water partition coefficient (Wildman–Crippen LogP) is 4.87. The summed E-state index contributed by atoms with van der Waals surface area (Å²) in [7, 11) is 6.33. The number of nitrogens with one attached hydrogen (secondary N) is 1. The Bertz CT molecular complexity index is 1420. The van der Waals surface area contributed by atoms with Gasteiger partial charge in [-0.2, -0.15) is 0 Å². The molecule has 36 heavy (non-hydrogen) atoms. The molecule has 0 fully saturated rings. The fourth-order valence-corrected chi connectivity index (χ4v) is 5.53. The Hall–Kier alpha value is -4.11. The van der Waals surface area contributed by atoms with Gasteiger partial charge in [-0.25, -0.2) is 4.98 Å². The zero-order valence-corrected chi connectivity index (χ0v) is 21.1. The van der Waals surface area contributed by atoms with Crippen LogP contribution >= 0.6 is 11.3 Å². The highest BCUT2D eigenvalue weighted by molar-refractivity contribution is 7.22. The number of benzene rings is 3. The second-order valence-corrected chi connectivity index (χ2v) is 9.41. The number of rotatable bonds is 6. The van der Waals surface area contributed by atoms with Crippen molar-refractivity contribution in [2.45, 2.75) is 12.0 Å². The van der Waals surface area contributed by atoms with Crippen LogP contribution in [-0.4, -0.2) is 50.1 Å². The first-order valence-corrected chi connectivity index (χ1v) is 12.1. The van der Waals surface area contributed by atoms with Gasteiger partial charge in [0.25, 0.3) is 5.91 Å². The van der Waals surface area contributed by atoms with Gasteiger partial charge < -0.3 is 24.4 Å². The number of fused-ring (bicyclic) bond motifs is 2. The number of para-hydroxylation sites is 1. The molecule has 0 radical (unpaired) electrons. The molecule has 0 aliphatic carbocycles. The highest BCUT2D eigenvalue weighted by Gasteiger charge is 2.43. The lowest BCUT2D eigenvalue weighted by Crippen LogP contribution is -2.44.